The molecule has 2 heterocycles. The molecule has 8 heteroatoms. The molecule has 7 nitrogen and oxygen atoms in total. The van der Waals surface area contributed by atoms with E-state index in [4.69, 9.17) is 0 Å². The molecule has 3 amide bonds. The van der Waals surface area contributed by atoms with Crippen LogP contribution in [0, 0.1) is 19.8 Å². The molecule has 0 saturated carbocycles. The fourth-order valence-electron chi connectivity index (χ4n) is 3.81. The van der Waals surface area contributed by atoms with Crippen LogP contribution in [0.3, 0.4) is 0 Å². The first-order valence-electron chi connectivity index (χ1n) is 9.64. The average molecular weight is 430 g/mol. The molecule has 0 bridgehead atoms. The minimum Gasteiger partial charge on any atom is -0.391 e. The third-order valence-electron chi connectivity index (χ3n) is 5.58. The standard InChI is InChI=1S/C22H23N3O4.ClH/c1-12-3-4-13(2)18(7-12)25-21(28)16-6-5-14(8-17(16)22(25)29)20(27)24-10-15-9-23-11-19(15)26;/h3-8,15,19,23,26H,9-11H2,1-2H3,(H,24,27);1H. The van der Waals surface area contributed by atoms with E-state index in [1.807, 2.05) is 32.0 Å². The molecule has 2 atom stereocenters. The summed E-state index contributed by atoms with van der Waals surface area (Å²) >= 11 is 0. The molecule has 1 saturated heterocycles. The highest BCUT2D eigenvalue weighted by Gasteiger charge is 2.38. The largest absolute Gasteiger partial charge is 0.391 e. The molecule has 2 unspecified atom stereocenters. The van der Waals surface area contributed by atoms with E-state index in [2.05, 4.69) is 10.6 Å². The first-order chi connectivity index (χ1) is 13.9. The molecule has 4 rings (SSSR count). The van der Waals surface area contributed by atoms with Gasteiger partial charge >= 0.3 is 0 Å². The van der Waals surface area contributed by atoms with E-state index in [-0.39, 0.29) is 35.7 Å². The predicted molar refractivity (Wildman–Crippen MR) is 115 cm³/mol. The number of β-amino-alcohol motifs (C(OH)–C–C–N with tert-alkyl or cyclic N) is 1. The van der Waals surface area contributed by atoms with E-state index in [1.54, 1.807) is 6.07 Å². The Balaban J connectivity index is 0.00000256. The van der Waals surface area contributed by atoms with Gasteiger partial charge in [-0.15, -0.1) is 12.4 Å². The van der Waals surface area contributed by atoms with Gasteiger partial charge in [0.05, 0.1) is 22.9 Å². The number of halogens is 1. The van der Waals surface area contributed by atoms with Gasteiger partial charge in [-0.05, 0) is 49.2 Å². The van der Waals surface area contributed by atoms with Crippen LogP contribution in [0.4, 0.5) is 5.69 Å². The Kier molecular flexibility index (Phi) is 6.26. The van der Waals surface area contributed by atoms with Crippen molar-refractivity contribution in [2.75, 3.05) is 24.5 Å². The van der Waals surface area contributed by atoms with Gasteiger partial charge in [0, 0.05) is 31.1 Å². The number of fused-ring (bicyclic) bond motifs is 1. The minimum atomic E-state index is -0.486. The zero-order chi connectivity index (χ0) is 20.7. The van der Waals surface area contributed by atoms with Gasteiger partial charge in [-0.2, -0.15) is 0 Å². The van der Waals surface area contributed by atoms with E-state index < -0.39 is 12.0 Å². The molecular formula is C22H24ClN3O4. The topological polar surface area (TPSA) is 98.7 Å². The number of aryl methyl sites for hydroxylation is 2. The first-order valence-corrected chi connectivity index (χ1v) is 9.64. The highest BCUT2D eigenvalue weighted by molar-refractivity contribution is 6.35. The molecule has 2 aliphatic rings. The van der Waals surface area contributed by atoms with E-state index in [0.29, 0.717) is 36.4 Å². The normalized spacial score (nSPS) is 20.2. The molecule has 1 fully saturated rings. The molecule has 0 radical (unpaired) electrons. The summed E-state index contributed by atoms with van der Waals surface area (Å²) in [5.74, 6) is -1.19. The number of hydrogen-bond acceptors (Lipinski definition) is 5. The fraction of sp³-hybridized carbons (Fsp3) is 0.318. The molecule has 158 valence electrons. The van der Waals surface area contributed by atoms with Crippen LogP contribution >= 0.6 is 12.4 Å². The van der Waals surface area contributed by atoms with Crippen molar-refractivity contribution in [2.24, 2.45) is 5.92 Å². The Morgan fingerprint density at radius 3 is 2.53 bits per heavy atom. The number of carbonyl (C=O) groups excluding carboxylic acids is 3. The number of rotatable bonds is 4. The molecule has 2 aromatic rings. The van der Waals surface area contributed by atoms with Gasteiger partial charge in [-0.25, -0.2) is 4.90 Å². The number of hydrogen-bond donors (Lipinski definition) is 3. The summed E-state index contributed by atoms with van der Waals surface area (Å²) in [6.07, 6.45) is -0.486. The van der Waals surface area contributed by atoms with E-state index in [9.17, 15) is 19.5 Å². The SMILES string of the molecule is Cc1ccc(C)c(N2C(=O)c3ccc(C(=O)NCC4CNCC4O)cc3C2=O)c1.Cl. The summed E-state index contributed by atoms with van der Waals surface area (Å²) < 4.78 is 0. The lowest BCUT2D eigenvalue weighted by Crippen LogP contribution is -2.34. The lowest BCUT2D eigenvalue weighted by molar-refractivity contribution is 0.0916. The molecule has 0 spiro atoms. The van der Waals surface area contributed by atoms with Crippen molar-refractivity contribution < 1.29 is 19.5 Å². The van der Waals surface area contributed by atoms with Gasteiger partial charge in [0.15, 0.2) is 0 Å². The maximum absolute atomic E-state index is 13.0. The van der Waals surface area contributed by atoms with Crippen molar-refractivity contribution in [3.63, 3.8) is 0 Å². The quantitative estimate of drug-likeness (QED) is 0.644. The van der Waals surface area contributed by atoms with Gasteiger partial charge in [0.2, 0.25) is 0 Å². The third-order valence-corrected chi connectivity index (χ3v) is 5.58. The van der Waals surface area contributed by atoms with Crippen LogP contribution in [0.15, 0.2) is 36.4 Å². The van der Waals surface area contributed by atoms with Crippen LogP contribution in [-0.4, -0.2) is 48.6 Å². The summed E-state index contributed by atoms with van der Waals surface area (Å²) in [6, 6.07) is 10.2. The molecule has 3 N–H and O–H groups in total. The van der Waals surface area contributed by atoms with Crippen LogP contribution in [0.5, 0.6) is 0 Å². The second kappa shape index (κ2) is 8.55. The van der Waals surface area contributed by atoms with Gasteiger partial charge in [-0.3, -0.25) is 14.4 Å². The summed E-state index contributed by atoms with van der Waals surface area (Å²) in [6.45, 7) is 5.25. The van der Waals surface area contributed by atoms with Crippen molar-refractivity contribution in [2.45, 2.75) is 20.0 Å². The smallest absolute Gasteiger partial charge is 0.266 e. The van der Waals surface area contributed by atoms with Gasteiger partial charge in [0.1, 0.15) is 0 Å². The van der Waals surface area contributed by atoms with Crippen molar-refractivity contribution in [1.82, 2.24) is 10.6 Å². The number of anilines is 1. The maximum Gasteiger partial charge on any atom is 0.266 e. The summed E-state index contributed by atoms with van der Waals surface area (Å²) in [5.41, 5.74) is 3.17. The number of carbonyl (C=O) groups is 3. The number of imide groups is 1. The minimum absolute atomic E-state index is 0. The van der Waals surface area contributed by atoms with Crippen molar-refractivity contribution in [3.8, 4) is 0 Å². The lowest BCUT2D eigenvalue weighted by atomic mass is 10.0. The van der Waals surface area contributed by atoms with Crippen molar-refractivity contribution >= 4 is 35.8 Å². The Bertz CT molecular complexity index is 1020. The van der Waals surface area contributed by atoms with Crippen LogP contribution in [-0.2, 0) is 0 Å². The Labute approximate surface area is 180 Å². The lowest BCUT2D eigenvalue weighted by Gasteiger charge is -2.17. The maximum atomic E-state index is 13.0. The second-order valence-electron chi connectivity index (χ2n) is 7.69. The molecule has 0 aliphatic carbocycles. The fourth-order valence-corrected chi connectivity index (χ4v) is 3.81. The van der Waals surface area contributed by atoms with Gasteiger partial charge in [0.25, 0.3) is 17.7 Å². The van der Waals surface area contributed by atoms with E-state index >= 15 is 0 Å². The highest BCUT2D eigenvalue weighted by atomic mass is 35.5. The van der Waals surface area contributed by atoms with Gasteiger partial charge < -0.3 is 15.7 Å². The third kappa shape index (κ3) is 3.84. The van der Waals surface area contributed by atoms with Gasteiger partial charge in [-0.1, -0.05) is 12.1 Å². The summed E-state index contributed by atoms with van der Waals surface area (Å²) in [5, 5.41) is 15.7. The number of nitrogens with one attached hydrogen (secondary N) is 2. The zero-order valence-electron chi connectivity index (χ0n) is 16.8. The Morgan fingerprint density at radius 1 is 1.10 bits per heavy atom. The molecule has 2 aliphatic heterocycles. The van der Waals surface area contributed by atoms with Crippen LogP contribution in [0.2, 0.25) is 0 Å². The van der Waals surface area contributed by atoms with Crippen LogP contribution in [0.25, 0.3) is 0 Å². The Hall–Kier alpha value is -2.74. The molecule has 0 aromatic heterocycles. The number of benzene rings is 2. The Morgan fingerprint density at radius 2 is 1.83 bits per heavy atom. The molecule has 30 heavy (non-hydrogen) atoms. The predicted octanol–water partition coefficient (Wildman–Crippen LogP) is 1.84. The number of amides is 3. The van der Waals surface area contributed by atoms with E-state index in [0.717, 1.165) is 11.1 Å². The van der Waals surface area contributed by atoms with Crippen molar-refractivity contribution in [3.05, 3.63) is 64.2 Å². The number of aliphatic hydroxyl groups excluding tert-OH is 1. The average Bonchev–Trinajstić information content (AvgIpc) is 3.22. The number of nitrogens with zero attached hydrogens (tertiary/aromatic N) is 1. The highest BCUT2D eigenvalue weighted by Crippen LogP contribution is 2.31. The number of aliphatic hydroxyl groups is 1. The van der Waals surface area contributed by atoms with Crippen LogP contribution < -0.4 is 15.5 Å². The van der Waals surface area contributed by atoms with Crippen LogP contribution in [0.1, 0.15) is 42.2 Å². The molecule has 2 aromatic carbocycles. The summed E-state index contributed by atoms with van der Waals surface area (Å²) in [4.78, 5) is 39.5. The zero-order valence-corrected chi connectivity index (χ0v) is 17.6. The first kappa shape index (κ1) is 22.0. The van der Waals surface area contributed by atoms with Crippen molar-refractivity contribution in [1.29, 1.82) is 0 Å². The van der Waals surface area contributed by atoms with E-state index in [1.165, 1.54) is 17.0 Å². The second-order valence-corrected chi connectivity index (χ2v) is 7.69. The summed E-state index contributed by atoms with van der Waals surface area (Å²) in [7, 11) is 0. The monoisotopic (exact) mass is 429 g/mol. The molecular weight excluding hydrogens is 406 g/mol.